The molecule has 2 rings (SSSR count). The van der Waals surface area contributed by atoms with Gasteiger partial charge in [0.1, 0.15) is 0 Å². The van der Waals surface area contributed by atoms with E-state index in [0.717, 1.165) is 4.40 Å². The average Bonchev–Trinajstić information content (AvgIpc) is 2.63. The highest BCUT2D eigenvalue weighted by molar-refractivity contribution is 6.32. The summed E-state index contributed by atoms with van der Waals surface area (Å²) in [4.78, 5) is 3.75. The van der Waals surface area contributed by atoms with E-state index in [9.17, 15) is 13.2 Å². The topological polar surface area (TPSA) is 43.1 Å². The summed E-state index contributed by atoms with van der Waals surface area (Å²) in [6.45, 7) is 1.71. The van der Waals surface area contributed by atoms with Gasteiger partial charge in [0.25, 0.3) is 0 Å². The van der Waals surface area contributed by atoms with E-state index >= 15 is 0 Å². The number of halogens is 4. The molecule has 0 radical (unpaired) electrons. The highest BCUT2D eigenvalue weighted by Gasteiger charge is 2.37. The molecule has 0 amide bonds. The number of hydrogen-bond acceptors (Lipinski definition) is 3. The highest BCUT2D eigenvalue weighted by atomic mass is 35.5. The van der Waals surface area contributed by atoms with Gasteiger partial charge in [0.15, 0.2) is 10.8 Å². The molecule has 0 bridgehead atoms. The maximum Gasteiger partial charge on any atom is 0.452 e. The number of hydrogen-bond donors (Lipinski definition) is 0. The van der Waals surface area contributed by atoms with E-state index in [4.69, 9.17) is 11.6 Å². The molecule has 0 N–H and O–H groups in total. The highest BCUT2D eigenvalue weighted by Crippen LogP contribution is 2.29. The Balaban J connectivity index is 2.83. The van der Waals surface area contributed by atoms with Gasteiger partial charge >= 0.3 is 6.18 Å². The third-order valence-corrected chi connectivity index (χ3v) is 2.34. The zero-order valence-corrected chi connectivity index (χ0v) is 8.84. The molecule has 0 aliphatic rings. The molecule has 0 spiro atoms. The number of aromatic nitrogens is 4. The van der Waals surface area contributed by atoms with Crippen LogP contribution in [0.2, 0.25) is 5.15 Å². The predicted molar refractivity (Wildman–Crippen MR) is 50.2 cm³/mol. The van der Waals surface area contributed by atoms with Gasteiger partial charge in [-0.05, 0) is 6.42 Å². The summed E-state index contributed by atoms with van der Waals surface area (Å²) in [5, 5.41) is 6.39. The molecule has 86 valence electrons. The van der Waals surface area contributed by atoms with E-state index in [1.165, 1.54) is 6.20 Å². The van der Waals surface area contributed by atoms with E-state index in [-0.39, 0.29) is 10.8 Å². The summed E-state index contributed by atoms with van der Waals surface area (Å²) in [5.41, 5.74) is 0.282. The first-order valence-corrected chi connectivity index (χ1v) is 4.78. The smallest absolute Gasteiger partial charge is 0.272 e. The predicted octanol–water partition coefficient (Wildman–Crippen LogP) is 2.36. The monoisotopic (exact) mass is 250 g/mol. The van der Waals surface area contributed by atoms with E-state index in [2.05, 4.69) is 15.2 Å². The quantitative estimate of drug-likeness (QED) is 0.780. The molecule has 8 heteroatoms. The molecular weight excluding hydrogens is 245 g/mol. The molecule has 2 aromatic rings. The van der Waals surface area contributed by atoms with Crippen LogP contribution in [-0.2, 0) is 12.6 Å². The van der Waals surface area contributed by atoms with E-state index in [1.807, 2.05) is 0 Å². The molecule has 0 saturated heterocycles. The van der Waals surface area contributed by atoms with Crippen LogP contribution in [0.3, 0.4) is 0 Å². The molecule has 0 aliphatic heterocycles. The van der Waals surface area contributed by atoms with Gasteiger partial charge in [0, 0.05) is 11.9 Å². The van der Waals surface area contributed by atoms with Gasteiger partial charge in [-0.15, -0.1) is 10.2 Å². The van der Waals surface area contributed by atoms with Gasteiger partial charge in [-0.25, -0.2) is 4.98 Å². The lowest BCUT2D eigenvalue weighted by molar-refractivity contribution is -0.145. The van der Waals surface area contributed by atoms with Crippen LogP contribution in [0, 0.1) is 0 Å². The van der Waals surface area contributed by atoms with Gasteiger partial charge in [0.2, 0.25) is 5.82 Å². The first-order chi connectivity index (χ1) is 7.45. The van der Waals surface area contributed by atoms with Crippen molar-refractivity contribution >= 4 is 17.2 Å². The number of rotatable bonds is 1. The number of alkyl halides is 3. The minimum atomic E-state index is -4.56. The van der Waals surface area contributed by atoms with Crippen LogP contribution in [0.4, 0.5) is 13.2 Å². The van der Waals surface area contributed by atoms with Crippen molar-refractivity contribution in [2.75, 3.05) is 0 Å². The van der Waals surface area contributed by atoms with Crippen molar-refractivity contribution in [3.63, 3.8) is 0 Å². The Morgan fingerprint density at radius 1 is 1.38 bits per heavy atom. The van der Waals surface area contributed by atoms with Crippen molar-refractivity contribution in [3.05, 3.63) is 22.9 Å². The second-order valence-electron chi connectivity index (χ2n) is 3.07. The SMILES string of the molecule is CCc1cnc(Cl)c2nnc(C(F)(F)F)n12. The fourth-order valence-electron chi connectivity index (χ4n) is 1.37. The van der Waals surface area contributed by atoms with Gasteiger partial charge in [-0.1, -0.05) is 18.5 Å². The minimum absolute atomic E-state index is 0.0756. The maximum atomic E-state index is 12.6. The van der Waals surface area contributed by atoms with Gasteiger partial charge in [0.05, 0.1) is 0 Å². The van der Waals surface area contributed by atoms with Crippen LogP contribution >= 0.6 is 11.6 Å². The standard InChI is InChI=1S/C8H6ClF3N4/c1-2-4-3-13-5(9)6-14-15-7(16(4)6)8(10,11)12/h3H,2H2,1H3. The molecule has 16 heavy (non-hydrogen) atoms. The Hall–Kier alpha value is -1.37. The molecule has 0 saturated carbocycles. The van der Waals surface area contributed by atoms with Crippen molar-refractivity contribution in [3.8, 4) is 0 Å². The van der Waals surface area contributed by atoms with E-state index in [0.29, 0.717) is 12.1 Å². The molecular formula is C8H6ClF3N4. The lowest BCUT2D eigenvalue weighted by Gasteiger charge is -2.07. The van der Waals surface area contributed by atoms with Crippen molar-refractivity contribution in [1.82, 2.24) is 19.6 Å². The van der Waals surface area contributed by atoms with Crippen molar-refractivity contribution in [2.24, 2.45) is 0 Å². The first kappa shape index (κ1) is 11.1. The second-order valence-corrected chi connectivity index (χ2v) is 3.43. The summed E-state index contributed by atoms with van der Waals surface area (Å²) in [6.07, 6.45) is -2.90. The normalized spacial score (nSPS) is 12.3. The van der Waals surface area contributed by atoms with Crippen LogP contribution in [0.5, 0.6) is 0 Å². The minimum Gasteiger partial charge on any atom is -0.272 e. The third-order valence-electron chi connectivity index (χ3n) is 2.08. The molecule has 0 aromatic carbocycles. The summed E-state index contributed by atoms with van der Waals surface area (Å²) < 4.78 is 38.7. The lowest BCUT2D eigenvalue weighted by atomic mass is 10.3. The van der Waals surface area contributed by atoms with Gasteiger partial charge < -0.3 is 0 Å². The number of aryl methyl sites for hydroxylation is 1. The molecule has 4 nitrogen and oxygen atoms in total. The van der Waals surface area contributed by atoms with Crippen LogP contribution in [0.15, 0.2) is 6.20 Å². The Kier molecular flexibility index (Phi) is 2.49. The first-order valence-electron chi connectivity index (χ1n) is 4.41. The van der Waals surface area contributed by atoms with Crippen LogP contribution < -0.4 is 0 Å². The van der Waals surface area contributed by atoms with Gasteiger partial charge in [-0.3, -0.25) is 4.40 Å². The Morgan fingerprint density at radius 2 is 2.06 bits per heavy atom. The summed E-state index contributed by atoms with van der Waals surface area (Å²) >= 11 is 5.65. The second kappa shape index (κ2) is 3.58. The Labute approximate surface area is 93.1 Å². The summed E-state index contributed by atoms with van der Waals surface area (Å²) in [5.74, 6) is -1.08. The largest absolute Gasteiger partial charge is 0.452 e. The van der Waals surface area contributed by atoms with Crippen LogP contribution in [0.25, 0.3) is 5.65 Å². The molecule has 0 fully saturated rings. The zero-order chi connectivity index (χ0) is 11.9. The van der Waals surface area contributed by atoms with E-state index in [1.54, 1.807) is 6.92 Å². The molecule has 2 aromatic heterocycles. The number of nitrogens with zero attached hydrogens (tertiary/aromatic N) is 4. The fraction of sp³-hybridized carbons (Fsp3) is 0.375. The Morgan fingerprint density at radius 3 is 2.62 bits per heavy atom. The summed E-state index contributed by atoms with van der Waals surface area (Å²) in [6, 6.07) is 0. The summed E-state index contributed by atoms with van der Waals surface area (Å²) in [7, 11) is 0. The Bertz CT molecular complexity index is 534. The van der Waals surface area contributed by atoms with Crippen molar-refractivity contribution < 1.29 is 13.2 Å². The lowest BCUT2D eigenvalue weighted by Crippen LogP contribution is -2.13. The van der Waals surface area contributed by atoms with Crippen LogP contribution in [-0.4, -0.2) is 19.6 Å². The molecule has 2 heterocycles. The molecule has 0 atom stereocenters. The average molecular weight is 251 g/mol. The fourth-order valence-corrected chi connectivity index (χ4v) is 1.54. The maximum absolute atomic E-state index is 12.6. The van der Waals surface area contributed by atoms with E-state index < -0.39 is 12.0 Å². The molecule has 0 aliphatic carbocycles. The molecule has 0 unspecified atom stereocenters. The zero-order valence-electron chi connectivity index (χ0n) is 8.09. The van der Waals surface area contributed by atoms with Crippen molar-refractivity contribution in [1.29, 1.82) is 0 Å². The van der Waals surface area contributed by atoms with Crippen molar-refractivity contribution in [2.45, 2.75) is 19.5 Å². The third kappa shape index (κ3) is 1.60. The van der Waals surface area contributed by atoms with Gasteiger partial charge in [-0.2, -0.15) is 13.2 Å². The number of fused-ring (bicyclic) bond motifs is 1. The van der Waals surface area contributed by atoms with Crippen LogP contribution in [0.1, 0.15) is 18.4 Å².